The standard InChI is InChI=1S/C6H13O/c1-5(2)6(3)4-7/h5-7H,3-4H2,1-2H3. The van der Waals surface area contributed by atoms with Crippen molar-refractivity contribution in [2.45, 2.75) is 13.8 Å². The first-order chi connectivity index (χ1) is 3.18. The summed E-state index contributed by atoms with van der Waals surface area (Å²) in [6.45, 7) is 8.01. The van der Waals surface area contributed by atoms with Crippen molar-refractivity contribution in [2.24, 2.45) is 11.8 Å². The first-order valence-corrected chi connectivity index (χ1v) is 2.62. The van der Waals surface area contributed by atoms with Crippen molar-refractivity contribution in [1.29, 1.82) is 0 Å². The van der Waals surface area contributed by atoms with E-state index in [0.717, 1.165) is 0 Å². The minimum absolute atomic E-state index is 0.206. The third-order valence-corrected chi connectivity index (χ3v) is 1.18. The predicted molar refractivity (Wildman–Crippen MR) is 30.8 cm³/mol. The maximum Gasteiger partial charge on any atom is 0.0461 e. The molecular weight excluding hydrogens is 88.1 g/mol. The normalized spacial score (nSPS) is 15.0. The lowest BCUT2D eigenvalue weighted by molar-refractivity contribution is 0.220. The van der Waals surface area contributed by atoms with Gasteiger partial charge < -0.3 is 5.11 Å². The largest absolute Gasteiger partial charge is 0.396 e. The van der Waals surface area contributed by atoms with Crippen LogP contribution in [0.3, 0.4) is 0 Å². The number of hydrogen-bond donors (Lipinski definition) is 1. The van der Waals surface area contributed by atoms with Gasteiger partial charge in [0, 0.05) is 6.61 Å². The van der Waals surface area contributed by atoms with Crippen LogP contribution in [0.2, 0.25) is 0 Å². The Bertz CT molecular complexity index is 41.4. The third kappa shape index (κ3) is 2.63. The van der Waals surface area contributed by atoms with E-state index < -0.39 is 0 Å². The van der Waals surface area contributed by atoms with Gasteiger partial charge in [0.05, 0.1) is 0 Å². The second kappa shape index (κ2) is 3.03. The van der Waals surface area contributed by atoms with Crippen LogP contribution < -0.4 is 0 Å². The van der Waals surface area contributed by atoms with E-state index in [1.807, 2.05) is 13.8 Å². The van der Waals surface area contributed by atoms with Crippen molar-refractivity contribution >= 4 is 0 Å². The van der Waals surface area contributed by atoms with Gasteiger partial charge in [-0.1, -0.05) is 13.8 Å². The fourth-order valence-corrected chi connectivity index (χ4v) is 0.211. The molecule has 0 aliphatic carbocycles. The first kappa shape index (κ1) is 6.96. The Hall–Kier alpha value is -0.0400. The molecule has 0 rings (SSSR count). The van der Waals surface area contributed by atoms with Gasteiger partial charge >= 0.3 is 0 Å². The summed E-state index contributed by atoms with van der Waals surface area (Å²) in [6.07, 6.45) is 0. The third-order valence-electron chi connectivity index (χ3n) is 1.18. The van der Waals surface area contributed by atoms with E-state index in [4.69, 9.17) is 5.11 Å². The minimum Gasteiger partial charge on any atom is -0.396 e. The van der Waals surface area contributed by atoms with Crippen LogP contribution in [0.1, 0.15) is 13.8 Å². The zero-order chi connectivity index (χ0) is 5.86. The molecule has 0 saturated carbocycles. The van der Waals surface area contributed by atoms with Crippen molar-refractivity contribution in [3.8, 4) is 0 Å². The van der Waals surface area contributed by atoms with Crippen LogP contribution in [-0.2, 0) is 0 Å². The summed E-state index contributed by atoms with van der Waals surface area (Å²) in [4.78, 5) is 0. The molecule has 1 N–H and O–H groups in total. The maximum atomic E-state index is 8.44. The van der Waals surface area contributed by atoms with E-state index >= 15 is 0 Å². The average molecular weight is 101 g/mol. The monoisotopic (exact) mass is 101 g/mol. The summed E-state index contributed by atoms with van der Waals surface area (Å²) < 4.78 is 0. The van der Waals surface area contributed by atoms with E-state index in [1.54, 1.807) is 0 Å². The molecular formula is C6H13O. The molecule has 7 heavy (non-hydrogen) atoms. The smallest absolute Gasteiger partial charge is 0.0461 e. The van der Waals surface area contributed by atoms with Gasteiger partial charge in [0.1, 0.15) is 0 Å². The van der Waals surface area contributed by atoms with E-state index in [2.05, 4.69) is 6.92 Å². The van der Waals surface area contributed by atoms with Crippen LogP contribution in [0, 0.1) is 18.8 Å². The summed E-state index contributed by atoms with van der Waals surface area (Å²) in [5.41, 5.74) is 0. The van der Waals surface area contributed by atoms with Gasteiger partial charge in [0.15, 0.2) is 0 Å². The molecule has 1 unspecified atom stereocenters. The van der Waals surface area contributed by atoms with Gasteiger partial charge in [0.2, 0.25) is 0 Å². The zero-order valence-corrected chi connectivity index (χ0v) is 5.02. The Labute approximate surface area is 45.4 Å². The van der Waals surface area contributed by atoms with Gasteiger partial charge in [0.25, 0.3) is 0 Å². The SMILES string of the molecule is [CH2]C(CO)C(C)C. The van der Waals surface area contributed by atoms with Crippen LogP contribution in [-0.4, -0.2) is 11.7 Å². The van der Waals surface area contributed by atoms with Gasteiger partial charge in [-0.3, -0.25) is 0 Å². The quantitative estimate of drug-likeness (QED) is 0.552. The van der Waals surface area contributed by atoms with E-state index in [0.29, 0.717) is 5.92 Å². The second-order valence-corrected chi connectivity index (χ2v) is 2.19. The number of rotatable bonds is 2. The molecule has 1 atom stereocenters. The highest BCUT2D eigenvalue weighted by molar-refractivity contribution is 4.61. The Balaban J connectivity index is 3.14. The summed E-state index contributed by atoms with van der Waals surface area (Å²) in [6, 6.07) is 0. The summed E-state index contributed by atoms with van der Waals surface area (Å²) in [5, 5.41) is 8.44. The highest BCUT2D eigenvalue weighted by Gasteiger charge is 2.02. The van der Waals surface area contributed by atoms with Crippen LogP contribution >= 0.6 is 0 Å². The summed E-state index contributed by atoms with van der Waals surface area (Å²) >= 11 is 0. The second-order valence-electron chi connectivity index (χ2n) is 2.19. The van der Waals surface area contributed by atoms with Crippen molar-refractivity contribution in [1.82, 2.24) is 0 Å². The predicted octanol–water partition coefficient (Wildman–Crippen LogP) is 1.08. The van der Waals surface area contributed by atoms with Crippen molar-refractivity contribution < 1.29 is 5.11 Å². The summed E-state index contributed by atoms with van der Waals surface area (Å²) in [5.74, 6) is 0.713. The molecule has 0 heterocycles. The molecule has 1 nitrogen and oxygen atoms in total. The average Bonchev–Trinajstić information content (AvgIpc) is 1.65. The van der Waals surface area contributed by atoms with Crippen LogP contribution in [0.4, 0.5) is 0 Å². The fourth-order valence-electron chi connectivity index (χ4n) is 0.211. The lowest BCUT2D eigenvalue weighted by atomic mass is 10.00. The molecule has 1 radical (unpaired) electrons. The van der Waals surface area contributed by atoms with Crippen LogP contribution in [0.25, 0.3) is 0 Å². The fraction of sp³-hybridized carbons (Fsp3) is 0.833. The Morgan fingerprint density at radius 3 is 2.00 bits per heavy atom. The van der Waals surface area contributed by atoms with Gasteiger partial charge in [-0.05, 0) is 18.8 Å². The number of aliphatic hydroxyl groups is 1. The Kier molecular flexibility index (Phi) is 3.01. The van der Waals surface area contributed by atoms with Gasteiger partial charge in [-0.25, -0.2) is 0 Å². The first-order valence-electron chi connectivity index (χ1n) is 2.62. The molecule has 0 aromatic rings. The number of aliphatic hydroxyl groups excluding tert-OH is 1. The molecule has 0 aromatic heterocycles. The lowest BCUT2D eigenvalue weighted by Gasteiger charge is -2.09. The molecule has 0 aliphatic heterocycles. The minimum atomic E-state index is 0.206. The Morgan fingerprint density at radius 1 is 1.57 bits per heavy atom. The molecule has 43 valence electrons. The van der Waals surface area contributed by atoms with Crippen LogP contribution in [0.15, 0.2) is 0 Å². The molecule has 0 aromatic carbocycles. The molecule has 0 bridgehead atoms. The molecule has 1 heteroatoms. The topological polar surface area (TPSA) is 20.2 Å². The molecule has 0 saturated heterocycles. The van der Waals surface area contributed by atoms with E-state index in [1.165, 1.54) is 0 Å². The maximum absolute atomic E-state index is 8.44. The van der Waals surface area contributed by atoms with Crippen LogP contribution in [0.5, 0.6) is 0 Å². The highest BCUT2D eigenvalue weighted by atomic mass is 16.3. The lowest BCUT2D eigenvalue weighted by Crippen LogP contribution is -2.08. The molecule has 0 amide bonds. The molecule has 0 spiro atoms. The van der Waals surface area contributed by atoms with Crippen molar-refractivity contribution in [3.05, 3.63) is 6.92 Å². The summed E-state index contributed by atoms with van der Waals surface area (Å²) in [7, 11) is 0. The van der Waals surface area contributed by atoms with Crippen molar-refractivity contribution in [3.63, 3.8) is 0 Å². The number of hydrogen-bond acceptors (Lipinski definition) is 1. The van der Waals surface area contributed by atoms with E-state index in [9.17, 15) is 0 Å². The van der Waals surface area contributed by atoms with Gasteiger partial charge in [-0.2, -0.15) is 0 Å². The Morgan fingerprint density at radius 2 is 2.00 bits per heavy atom. The molecule has 0 fully saturated rings. The highest BCUT2D eigenvalue weighted by Crippen LogP contribution is 2.05. The molecule has 0 aliphatic rings. The zero-order valence-electron chi connectivity index (χ0n) is 5.02. The van der Waals surface area contributed by atoms with E-state index in [-0.39, 0.29) is 12.5 Å². The van der Waals surface area contributed by atoms with Crippen molar-refractivity contribution in [2.75, 3.05) is 6.61 Å². The van der Waals surface area contributed by atoms with Gasteiger partial charge in [-0.15, -0.1) is 0 Å².